The van der Waals surface area contributed by atoms with E-state index in [-0.39, 0.29) is 24.0 Å². The number of halogens is 1. The van der Waals surface area contributed by atoms with Crippen LogP contribution in [0.4, 0.5) is 5.69 Å². The van der Waals surface area contributed by atoms with Crippen molar-refractivity contribution in [2.24, 2.45) is 10.7 Å². The average molecular weight is 474 g/mol. The number of hydrogen-bond acceptors (Lipinski definition) is 3. The zero-order valence-electron chi connectivity index (χ0n) is 15.0. The number of pyridine rings is 1. The molecular weight excluding hydrogens is 451 g/mol. The number of guanidine groups is 1. The van der Waals surface area contributed by atoms with E-state index in [0.29, 0.717) is 12.5 Å². The number of aliphatic imine (C=N–C) groups is 1. The topological polar surface area (TPSA) is 81.1 Å². The molecule has 0 saturated heterocycles. The van der Waals surface area contributed by atoms with E-state index in [1.54, 1.807) is 18.7 Å². The molecule has 0 saturated carbocycles. The quantitative estimate of drug-likeness (QED) is 0.344. The number of rotatable bonds is 4. The van der Waals surface area contributed by atoms with Crippen LogP contribution in [0.25, 0.3) is 5.82 Å². The van der Waals surface area contributed by atoms with E-state index in [1.165, 1.54) is 24.0 Å². The third-order valence-electron chi connectivity index (χ3n) is 4.67. The lowest BCUT2D eigenvalue weighted by Gasteiger charge is -2.19. The Bertz CT molecular complexity index is 920. The van der Waals surface area contributed by atoms with Crippen molar-refractivity contribution in [3.63, 3.8) is 0 Å². The van der Waals surface area contributed by atoms with Gasteiger partial charge in [0.25, 0.3) is 0 Å². The van der Waals surface area contributed by atoms with Crippen LogP contribution in [0, 0.1) is 0 Å². The van der Waals surface area contributed by atoms with Gasteiger partial charge >= 0.3 is 0 Å². The minimum atomic E-state index is 0. The second kappa shape index (κ2) is 8.98. The molecule has 6 nitrogen and oxygen atoms in total. The molecule has 27 heavy (non-hydrogen) atoms. The van der Waals surface area contributed by atoms with Crippen LogP contribution < -0.4 is 11.1 Å². The predicted octanol–water partition coefficient (Wildman–Crippen LogP) is 3.69. The van der Waals surface area contributed by atoms with Gasteiger partial charge in [-0.2, -0.15) is 0 Å². The van der Waals surface area contributed by atoms with E-state index < -0.39 is 0 Å². The summed E-state index contributed by atoms with van der Waals surface area (Å²) >= 11 is 0. The maximum absolute atomic E-state index is 6.13. The standard InChI is InChI=1S/C20H22N6.HI/c21-20(25-18-7-3-5-16-4-1-2-6-17(16)18)24-13-15-8-9-23-19(12-15)26-11-10-22-14-26;/h3,5,7-12,14H,1-2,4,6,13H2,(H3,21,24,25);1H. The number of anilines is 1. The van der Waals surface area contributed by atoms with Crippen LogP contribution in [-0.4, -0.2) is 20.5 Å². The van der Waals surface area contributed by atoms with Crippen molar-refractivity contribution in [1.29, 1.82) is 0 Å². The number of nitrogens with zero attached hydrogens (tertiary/aromatic N) is 4. The highest BCUT2D eigenvalue weighted by Gasteiger charge is 2.13. The minimum Gasteiger partial charge on any atom is -0.370 e. The molecule has 1 aliphatic rings. The summed E-state index contributed by atoms with van der Waals surface area (Å²) in [5.41, 5.74) is 11.1. The molecule has 0 unspecified atom stereocenters. The van der Waals surface area contributed by atoms with Gasteiger partial charge in [-0.05, 0) is 60.6 Å². The molecule has 3 N–H and O–H groups in total. The van der Waals surface area contributed by atoms with Gasteiger partial charge in [-0.1, -0.05) is 12.1 Å². The first-order valence-corrected chi connectivity index (χ1v) is 8.90. The highest BCUT2D eigenvalue weighted by Crippen LogP contribution is 2.27. The van der Waals surface area contributed by atoms with E-state index >= 15 is 0 Å². The molecular formula is C20H23IN6. The molecule has 2 aromatic heterocycles. The SMILES string of the molecule is I.NC(=NCc1ccnc(-n2ccnc2)c1)Nc1cccc2c1CCCC2. The first-order chi connectivity index (χ1) is 12.8. The third-order valence-corrected chi connectivity index (χ3v) is 4.67. The maximum Gasteiger partial charge on any atom is 0.193 e. The molecule has 0 spiro atoms. The molecule has 0 fully saturated rings. The summed E-state index contributed by atoms with van der Waals surface area (Å²) in [5, 5.41) is 3.28. The van der Waals surface area contributed by atoms with Crippen molar-refractivity contribution in [2.75, 3.05) is 5.32 Å². The van der Waals surface area contributed by atoms with Gasteiger partial charge in [-0.3, -0.25) is 4.57 Å². The van der Waals surface area contributed by atoms with Gasteiger partial charge in [0.2, 0.25) is 0 Å². The van der Waals surface area contributed by atoms with Crippen molar-refractivity contribution in [3.05, 3.63) is 71.9 Å². The number of aryl methyl sites for hydroxylation is 1. The second-order valence-corrected chi connectivity index (χ2v) is 6.47. The zero-order valence-corrected chi connectivity index (χ0v) is 17.3. The van der Waals surface area contributed by atoms with Crippen LogP contribution >= 0.6 is 24.0 Å². The largest absolute Gasteiger partial charge is 0.370 e. The number of nitrogens with two attached hydrogens (primary N) is 1. The molecule has 1 aliphatic carbocycles. The van der Waals surface area contributed by atoms with Crippen molar-refractivity contribution in [2.45, 2.75) is 32.2 Å². The summed E-state index contributed by atoms with van der Waals surface area (Å²) in [7, 11) is 0. The molecule has 0 amide bonds. The van der Waals surface area contributed by atoms with E-state index in [2.05, 4.69) is 38.5 Å². The van der Waals surface area contributed by atoms with E-state index in [4.69, 9.17) is 5.73 Å². The first kappa shape index (κ1) is 19.3. The maximum atomic E-state index is 6.13. The molecule has 1 aromatic carbocycles. The number of benzene rings is 1. The van der Waals surface area contributed by atoms with Gasteiger partial charge in [0.15, 0.2) is 5.96 Å². The molecule has 2 heterocycles. The Morgan fingerprint density at radius 1 is 1.19 bits per heavy atom. The lowest BCUT2D eigenvalue weighted by molar-refractivity contribution is 0.687. The summed E-state index contributed by atoms with van der Waals surface area (Å²) in [4.78, 5) is 12.9. The fourth-order valence-corrected chi connectivity index (χ4v) is 3.35. The van der Waals surface area contributed by atoms with Gasteiger partial charge in [0, 0.05) is 24.3 Å². The van der Waals surface area contributed by atoms with Crippen molar-refractivity contribution >= 4 is 35.6 Å². The van der Waals surface area contributed by atoms with Crippen molar-refractivity contribution < 1.29 is 0 Å². The number of nitrogens with one attached hydrogen (secondary N) is 1. The Morgan fingerprint density at radius 2 is 2.07 bits per heavy atom. The Morgan fingerprint density at radius 3 is 2.93 bits per heavy atom. The number of fused-ring (bicyclic) bond motifs is 1. The van der Waals surface area contributed by atoms with E-state index in [9.17, 15) is 0 Å². The average Bonchev–Trinajstić information content (AvgIpc) is 3.22. The molecule has 4 rings (SSSR count). The Hall–Kier alpha value is -2.42. The molecule has 140 valence electrons. The van der Waals surface area contributed by atoms with Crippen molar-refractivity contribution in [3.8, 4) is 5.82 Å². The number of aromatic nitrogens is 3. The van der Waals surface area contributed by atoms with Gasteiger partial charge in [-0.15, -0.1) is 24.0 Å². The summed E-state index contributed by atoms with van der Waals surface area (Å²) in [5.74, 6) is 1.25. The first-order valence-electron chi connectivity index (χ1n) is 8.90. The van der Waals surface area contributed by atoms with Gasteiger partial charge in [-0.25, -0.2) is 15.0 Å². The summed E-state index contributed by atoms with van der Waals surface area (Å²) in [6.45, 7) is 0.498. The zero-order chi connectivity index (χ0) is 17.8. The van der Waals surface area contributed by atoms with Crippen LogP contribution in [-0.2, 0) is 19.4 Å². The normalized spacial score (nSPS) is 13.6. The minimum absolute atomic E-state index is 0. The molecule has 0 radical (unpaired) electrons. The third kappa shape index (κ3) is 4.65. The smallest absolute Gasteiger partial charge is 0.193 e. The summed E-state index contributed by atoms with van der Waals surface area (Å²) < 4.78 is 1.87. The van der Waals surface area contributed by atoms with Gasteiger partial charge < -0.3 is 11.1 Å². The van der Waals surface area contributed by atoms with E-state index in [0.717, 1.165) is 29.9 Å². The van der Waals surface area contributed by atoms with Crippen LogP contribution in [0.3, 0.4) is 0 Å². The van der Waals surface area contributed by atoms with Crippen LogP contribution in [0.2, 0.25) is 0 Å². The second-order valence-electron chi connectivity index (χ2n) is 6.47. The lowest BCUT2D eigenvalue weighted by Crippen LogP contribution is -2.24. The van der Waals surface area contributed by atoms with Gasteiger partial charge in [0.05, 0.1) is 6.54 Å². The Kier molecular flexibility index (Phi) is 6.44. The van der Waals surface area contributed by atoms with E-state index in [1.807, 2.05) is 22.9 Å². The number of hydrogen-bond donors (Lipinski definition) is 2. The van der Waals surface area contributed by atoms with Crippen LogP contribution in [0.5, 0.6) is 0 Å². The fraction of sp³-hybridized carbons (Fsp3) is 0.250. The molecule has 7 heteroatoms. The molecule has 0 atom stereocenters. The number of imidazole rings is 1. The van der Waals surface area contributed by atoms with Crippen molar-refractivity contribution in [1.82, 2.24) is 14.5 Å². The molecule has 0 bridgehead atoms. The van der Waals surface area contributed by atoms with Crippen LogP contribution in [0.1, 0.15) is 29.5 Å². The lowest BCUT2D eigenvalue weighted by atomic mass is 9.90. The highest BCUT2D eigenvalue weighted by atomic mass is 127. The molecule has 0 aliphatic heterocycles. The fourth-order valence-electron chi connectivity index (χ4n) is 3.35. The summed E-state index contributed by atoms with van der Waals surface area (Å²) in [6.07, 6.45) is 11.8. The van der Waals surface area contributed by atoms with Gasteiger partial charge in [0.1, 0.15) is 12.1 Å². The monoisotopic (exact) mass is 474 g/mol. The van der Waals surface area contributed by atoms with Crippen LogP contribution in [0.15, 0.2) is 60.2 Å². The molecule has 3 aromatic rings. The highest BCUT2D eigenvalue weighted by molar-refractivity contribution is 14.0. The summed E-state index contributed by atoms with van der Waals surface area (Å²) in [6, 6.07) is 10.3. The Labute approximate surface area is 176 Å². The Balaban J connectivity index is 0.00000210. The predicted molar refractivity (Wildman–Crippen MR) is 119 cm³/mol.